The van der Waals surface area contributed by atoms with Crippen LogP contribution >= 0.6 is 0 Å². The van der Waals surface area contributed by atoms with Crippen LogP contribution in [0.4, 0.5) is 0 Å². The van der Waals surface area contributed by atoms with Crippen LogP contribution in [0.25, 0.3) is 0 Å². The Hall–Kier alpha value is -3.78. The summed E-state index contributed by atoms with van der Waals surface area (Å²) in [7, 11) is 0. The lowest BCUT2D eigenvalue weighted by Crippen LogP contribution is -2.32. The number of rotatable bonds is 10. The Bertz CT molecular complexity index is 909. The van der Waals surface area contributed by atoms with E-state index in [1.165, 1.54) is 22.3 Å². The molecule has 4 aromatic carbocycles. The maximum atomic E-state index is 4.25. The lowest BCUT2D eigenvalue weighted by molar-refractivity contribution is 0.623. The Kier molecular flexibility index (Phi) is 7.38. The molecule has 0 bridgehead atoms. The second-order valence-electron chi connectivity index (χ2n) is 7.99. The molecule has 2 heteroatoms. The van der Waals surface area contributed by atoms with E-state index in [0.29, 0.717) is 0 Å². The first-order valence-corrected chi connectivity index (χ1v) is 11.2. The molecule has 2 nitrogen and oxygen atoms in total. The van der Waals surface area contributed by atoms with Gasteiger partial charge in [0.1, 0.15) is 0 Å². The fourth-order valence-corrected chi connectivity index (χ4v) is 4.11. The van der Waals surface area contributed by atoms with Gasteiger partial charge in [0, 0.05) is 24.9 Å². The second kappa shape index (κ2) is 11.0. The summed E-state index contributed by atoms with van der Waals surface area (Å²) < 4.78 is 0. The van der Waals surface area contributed by atoms with E-state index >= 15 is 0 Å². The van der Waals surface area contributed by atoms with E-state index in [0.717, 1.165) is 18.9 Å². The predicted molar refractivity (Wildman–Crippen MR) is 135 cm³/mol. The third-order valence-electron chi connectivity index (χ3n) is 5.85. The molecule has 0 heterocycles. The average Bonchev–Trinajstić information content (AvgIpc) is 2.87. The highest BCUT2D eigenvalue weighted by Crippen LogP contribution is 2.25. The quantitative estimate of drug-likeness (QED) is 0.316. The van der Waals surface area contributed by atoms with E-state index in [1.54, 1.807) is 0 Å². The van der Waals surface area contributed by atoms with Gasteiger partial charge in [-0.15, -0.1) is 0 Å². The molecule has 4 rings (SSSR count). The van der Waals surface area contributed by atoms with Gasteiger partial charge in [-0.3, -0.25) is 0 Å². The van der Waals surface area contributed by atoms with Gasteiger partial charge >= 0.3 is 0 Å². The van der Waals surface area contributed by atoms with Gasteiger partial charge in [-0.1, -0.05) is 128 Å². The minimum Gasteiger partial charge on any atom is -0.371 e. The van der Waals surface area contributed by atoms with Crippen LogP contribution in [0.1, 0.15) is 34.1 Å². The molecule has 0 fully saturated rings. The highest BCUT2D eigenvalue weighted by Gasteiger charge is 2.16. The van der Waals surface area contributed by atoms with Crippen LogP contribution in [-0.4, -0.2) is 13.1 Å². The Balaban J connectivity index is 1.43. The summed E-state index contributed by atoms with van der Waals surface area (Å²) >= 11 is 0. The SMILES string of the molecule is C=C(NCC(c1ccccc1)c1ccccc1)NCC(c1ccccc1)c1ccccc1. The van der Waals surface area contributed by atoms with Gasteiger partial charge in [0.25, 0.3) is 0 Å². The van der Waals surface area contributed by atoms with Crippen molar-refractivity contribution in [2.45, 2.75) is 11.8 Å². The van der Waals surface area contributed by atoms with Crippen molar-refractivity contribution >= 4 is 0 Å². The monoisotopic (exact) mass is 418 g/mol. The summed E-state index contributed by atoms with van der Waals surface area (Å²) in [6.07, 6.45) is 0. The number of nitrogens with one attached hydrogen (secondary N) is 2. The van der Waals surface area contributed by atoms with Crippen molar-refractivity contribution in [3.8, 4) is 0 Å². The molecule has 0 atom stereocenters. The lowest BCUT2D eigenvalue weighted by atomic mass is 9.91. The standard InChI is InChI=1S/C30H30N2/c1-24(31-22-29(25-14-6-2-7-15-25)26-16-8-3-9-17-26)32-23-30(27-18-10-4-11-19-27)28-20-12-5-13-21-28/h2-21,29-32H,1,22-23H2. The molecular weight excluding hydrogens is 388 g/mol. The summed E-state index contributed by atoms with van der Waals surface area (Å²) in [6, 6.07) is 42.6. The summed E-state index contributed by atoms with van der Waals surface area (Å²) in [5, 5.41) is 7.06. The normalized spacial score (nSPS) is 10.8. The van der Waals surface area contributed by atoms with Crippen molar-refractivity contribution < 1.29 is 0 Å². The number of hydrogen-bond donors (Lipinski definition) is 2. The minimum absolute atomic E-state index is 0.259. The second-order valence-corrected chi connectivity index (χ2v) is 7.99. The smallest absolute Gasteiger partial charge is 0.0912 e. The van der Waals surface area contributed by atoms with Gasteiger partial charge in [-0.2, -0.15) is 0 Å². The Morgan fingerprint density at radius 3 is 0.969 bits per heavy atom. The number of hydrogen-bond acceptors (Lipinski definition) is 2. The van der Waals surface area contributed by atoms with Crippen LogP contribution in [0, 0.1) is 0 Å². The molecule has 0 aliphatic heterocycles. The molecule has 0 aliphatic carbocycles. The molecule has 2 N–H and O–H groups in total. The maximum absolute atomic E-state index is 4.25. The van der Waals surface area contributed by atoms with Crippen LogP contribution in [0.15, 0.2) is 134 Å². The largest absolute Gasteiger partial charge is 0.371 e. The highest BCUT2D eigenvalue weighted by molar-refractivity contribution is 5.34. The first-order valence-electron chi connectivity index (χ1n) is 11.2. The average molecular weight is 419 g/mol. The molecule has 0 aromatic heterocycles. The lowest BCUT2D eigenvalue weighted by Gasteiger charge is -2.23. The molecule has 0 saturated heterocycles. The van der Waals surface area contributed by atoms with Crippen LogP contribution in [-0.2, 0) is 0 Å². The summed E-state index contributed by atoms with van der Waals surface area (Å²) in [5.41, 5.74) is 5.19. The molecule has 0 aliphatic rings. The third-order valence-corrected chi connectivity index (χ3v) is 5.85. The third kappa shape index (κ3) is 5.67. The van der Waals surface area contributed by atoms with Gasteiger partial charge in [-0.05, 0) is 22.3 Å². The summed E-state index contributed by atoms with van der Waals surface area (Å²) in [5.74, 6) is 1.36. The van der Waals surface area contributed by atoms with Gasteiger partial charge in [0.2, 0.25) is 0 Å². The molecule has 0 spiro atoms. The van der Waals surface area contributed by atoms with E-state index in [1.807, 2.05) is 0 Å². The molecule has 0 unspecified atom stereocenters. The molecule has 32 heavy (non-hydrogen) atoms. The molecule has 4 aromatic rings. The number of benzene rings is 4. The fraction of sp³-hybridized carbons (Fsp3) is 0.133. The molecule has 0 radical (unpaired) electrons. The van der Waals surface area contributed by atoms with Crippen molar-refractivity contribution in [1.82, 2.24) is 10.6 Å². The highest BCUT2D eigenvalue weighted by atomic mass is 15.1. The Morgan fingerprint density at radius 2 is 0.719 bits per heavy atom. The molecule has 160 valence electrons. The van der Waals surface area contributed by atoms with Crippen LogP contribution in [0.5, 0.6) is 0 Å². The van der Waals surface area contributed by atoms with Crippen LogP contribution in [0.3, 0.4) is 0 Å². The summed E-state index contributed by atoms with van der Waals surface area (Å²) in [4.78, 5) is 0. The zero-order valence-electron chi connectivity index (χ0n) is 18.3. The molecule has 0 saturated carbocycles. The van der Waals surface area contributed by atoms with Gasteiger partial charge < -0.3 is 10.6 Å². The van der Waals surface area contributed by atoms with Crippen molar-refractivity contribution in [2.75, 3.05) is 13.1 Å². The van der Waals surface area contributed by atoms with Crippen molar-refractivity contribution in [3.05, 3.63) is 156 Å². The maximum Gasteiger partial charge on any atom is 0.0912 e. The topological polar surface area (TPSA) is 24.1 Å². The Labute approximate surface area is 191 Å². The molecular formula is C30H30N2. The van der Waals surface area contributed by atoms with E-state index in [4.69, 9.17) is 0 Å². The van der Waals surface area contributed by atoms with Crippen molar-refractivity contribution in [3.63, 3.8) is 0 Å². The van der Waals surface area contributed by atoms with E-state index in [2.05, 4.69) is 139 Å². The zero-order chi connectivity index (χ0) is 22.0. The fourth-order valence-electron chi connectivity index (χ4n) is 4.11. The van der Waals surface area contributed by atoms with E-state index in [-0.39, 0.29) is 11.8 Å². The van der Waals surface area contributed by atoms with E-state index in [9.17, 15) is 0 Å². The zero-order valence-corrected chi connectivity index (χ0v) is 18.3. The van der Waals surface area contributed by atoms with E-state index < -0.39 is 0 Å². The first-order chi connectivity index (χ1) is 15.8. The van der Waals surface area contributed by atoms with Crippen molar-refractivity contribution in [2.24, 2.45) is 0 Å². The Morgan fingerprint density at radius 1 is 0.469 bits per heavy atom. The first kappa shape index (κ1) is 21.5. The molecule has 0 amide bonds. The van der Waals surface area contributed by atoms with Crippen molar-refractivity contribution in [1.29, 1.82) is 0 Å². The van der Waals surface area contributed by atoms with Gasteiger partial charge in [0.15, 0.2) is 0 Å². The van der Waals surface area contributed by atoms with Crippen LogP contribution in [0.2, 0.25) is 0 Å². The van der Waals surface area contributed by atoms with Gasteiger partial charge in [0.05, 0.1) is 5.82 Å². The minimum atomic E-state index is 0.259. The summed E-state index contributed by atoms with van der Waals surface area (Å²) in [6.45, 7) is 5.81. The predicted octanol–water partition coefficient (Wildman–Crippen LogP) is 6.30. The van der Waals surface area contributed by atoms with Crippen LogP contribution < -0.4 is 10.6 Å². The van der Waals surface area contributed by atoms with Gasteiger partial charge in [-0.25, -0.2) is 0 Å².